The molecule has 15 heavy (non-hydrogen) atoms. The van der Waals surface area contributed by atoms with E-state index in [0.717, 1.165) is 0 Å². The number of rotatable bonds is 4. The Morgan fingerprint density at radius 3 is 2.33 bits per heavy atom. The minimum Gasteiger partial charge on any atom is -0.478 e. The van der Waals surface area contributed by atoms with Gasteiger partial charge < -0.3 is 9.84 Å². The van der Waals surface area contributed by atoms with Crippen LogP contribution >= 0.6 is 12.6 Å². The Morgan fingerprint density at radius 2 is 1.87 bits per heavy atom. The maximum Gasteiger partial charge on any atom is 0.335 e. The van der Waals surface area contributed by atoms with E-state index in [9.17, 15) is 9.59 Å². The van der Waals surface area contributed by atoms with E-state index in [1.165, 1.54) is 24.3 Å². The summed E-state index contributed by atoms with van der Waals surface area (Å²) >= 11 is 3.89. The standard InChI is InChI=1S/C10H10O4S/c11-9(5-6-15)14-8-3-1-7(2-4-8)10(12)13/h1-4,15H,5-6H2,(H,12,13). The smallest absolute Gasteiger partial charge is 0.335 e. The summed E-state index contributed by atoms with van der Waals surface area (Å²) in [5, 5.41) is 8.62. The van der Waals surface area contributed by atoms with Gasteiger partial charge in [-0.1, -0.05) is 0 Å². The lowest BCUT2D eigenvalue weighted by Crippen LogP contribution is -2.08. The molecule has 0 unspecified atom stereocenters. The first-order chi connectivity index (χ1) is 7.13. The van der Waals surface area contributed by atoms with Crippen molar-refractivity contribution in [3.05, 3.63) is 29.8 Å². The van der Waals surface area contributed by atoms with Gasteiger partial charge in [0.1, 0.15) is 5.75 Å². The molecular weight excluding hydrogens is 216 g/mol. The zero-order chi connectivity index (χ0) is 11.3. The molecule has 1 rings (SSSR count). The number of carboxylic acid groups (broad SMARTS) is 1. The van der Waals surface area contributed by atoms with Crippen LogP contribution < -0.4 is 4.74 Å². The van der Waals surface area contributed by atoms with Crippen molar-refractivity contribution in [3.8, 4) is 5.75 Å². The second-order valence-electron chi connectivity index (χ2n) is 2.78. The van der Waals surface area contributed by atoms with E-state index < -0.39 is 5.97 Å². The molecule has 0 aromatic heterocycles. The first kappa shape index (κ1) is 11.6. The predicted octanol–water partition coefficient (Wildman–Crippen LogP) is 1.61. The number of hydrogen-bond acceptors (Lipinski definition) is 4. The fourth-order valence-electron chi connectivity index (χ4n) is 0.939. The molecule has 0 aliphatic rings. The summed E-state index contributed by atoms with van der Waals surface area (Å²) in [6.45, 7) is 0. The van der Waals surface area contributed by atoms with E-state index >= 15 is 0 Å². The van der Waals surface area contributed by atoms with Crippen LogP contribution in [0.15, 0.2) is 24.3 Å². The summed E-state index contributed by atoms with van der Waals surface area (Å²) in [4.78, 5) is 21.6. The third-order valence-electron chi connectivity index (χ3n) is 1.65. The lowest BCUT2D eigenvalue weighted by atomic mass is 10.2. The lowest BCUT2D eigenvalue weighted by Gasteiger charge is -2.02. The molecule has 1 aromatic rings. The van der Waals surface area contributed by atoms with Crippen molar-refractivity contribution < 1.29 is 19.4 Å². The molecule has 0 saturated carbocycles. The number of esters is 1. The third-order valence-corrected chi connectivity index (χ3v) is 1.87. The van der Waals surface area contributed by atoms with Gasteiger partial charge in [0.25, 0.3) is 0 Å². The topological polar surface area (TPSA) is 63.6 Å². The first-order valence-electron chi connectivity index (χ1n) is 4.28. The Hall–Kier alpha value is -1.49. The average Bonchev–Trinajstić information content (AvgIpc) is 2.18. The van der Waals surface area contributed by atoms with Crippen LogP contribution in [0.3, 0.4) is 0 Å². The monoisotopic (exact) mass is 226 g/mol. The zero-order valence-electron chi connectivity index (χ0n) is 7.84. The van der Waals surface area contributed by atoms with Gasteiger partial charge >= 0.3 is 11.9 Å². The number of carbonyl (C=O) groups excluding carboxylic acids is 1. The van der Waals surface area contributed by atoms with Crippen LogP contribution in [0, 0.1) is 0 Å². The molecule has 0 radical (unpaired) electrons. The normalized spacial score (nSPS) is 9.67. The minimum atomic E-state index is -1.01. The summed E-state index contributed by atoms with van der Waals surface area (Å²) in [6.07, 6.45) is 0.226. The fraction of sp³-hybridized carbons (Fsp3) is 0.200. The van der Waals surface area contributed by atoms with Gasteiger partial charge in [0.2, 0.25) is 0 Å². The molecule has 0 spiro atoms. The third kappa shape index (κ3) is 3.63. The number of carboxylic acids is 1. The second kappa shape index (κ2) is 5.41. The van der Waals surface area contributed by atoms with Crippen LogP contribution in [0.4, 0.5) is 0 Å². The molecule has 4 nitrogen and oxygen atoms in total. The fourth-order valence-corrected chi connectivity index (χ4v) is 1.12. The molecule has 80 valence electrons. The Morgan fingerprint density at radius 1 is 1.27 bits per heavy atom. The van der Waals surface area contributed by atoms with E-state index in [1.807, 2.05) is 0 Å². The van der Waals surface area contributed by atoms with Gasteiger partial charge in [0.15, 0.2) is 0 Å². The molecule has 1 aromatic carbocycles. The molecule has 0 bridgehead atoms. The van der Waals surface area contributed by atoms with Crippen molar-refractivity contribution in [2.24, 2.45) is 0 Å². The number of ether oxygens (including phenoxy) is 1. The maximum atomic E-state index is 11.0. The largest absolute Gasteiger partial charge is 0.478 e. The van der Waals surface area contributed by atoms with Crippen molar-refractivity contribution in [1.82, 2.24) is 0 Å². The van der Waals surface area contributed by atoms with Crippen LogP contribution in [0.2, 0.25) is 0 Å². The van der Waals surface area contributed by atoms with Gasteiger partial charge in [0.05, 0.1) is 12.0 Å². The molecular formula is C10H10O4S. The Balaban J connectivity index is 2.64. The molecule has 0 heterocycles. The van der Waals surface area contributed by atoms with Crippen molar-refractivity contribution in [2.45, 2.75) is 6.42 Å². The van der Waals surface area contributed by atoms with Crippen LogP contribution in [-0.4, -0.2) is 22.8 Å². The Labute approximate surface area is 92.3 Å². The summed E-state index contributed by atoms with van der Waals surface area (Å²) in [5.74, 6) is -0.630. The van der Waals surface area contributed by atoms with Gasteiger partial charge in [-0.25, -0.2) is 4.79 Å². The van der Waals surface area contributed by atoms with Gasteiger partial charge in [-0.05, 0) is 24.3 Å². The Bertz CT molecular complexity index is 358. The lowest BCUT2D eigenvalue weighted by molar-refractivity contribution is -0.133. The van der Waals surface area contributed by atoms with E-state index in [4.69, 9.17) is 9.84 Å². The average molecular weight is 226 g/mol. The van der Waals surface area contributed by atoms with E-state index in [0.29, 0.717) is 11.5 Å². The van der Waals surface area contributed by atoms with Gasteiger partial charge in [-0.15, -0.1) is 0 Å². The summed E-state index contributed by atoms with van der Waals surface area (Å²) < 4.78 is 4.91. The molecule has 0 amide bonds. The van der Waals surface area contributed by atoms with Crippen molar-refractivity contribution in [1.29, 1.82) is 0 Å². The molecule has 0 atom stereocenters. The highest BCUT2D eigenvalue weighted by Gasteiger charge is 2.05. The number of benzene rings is 1. The number of aromatic carboxylic acids is 1. The molecule has 0 saturated heterocycles. The van der Waals surface area contributed by atoms with E-state index in [2.05, 4.69) is 12.6 Å². The van der Waals surface area contributed by atoms with Crippen molar-refractivity contribution in [3.63, 3.8) is 0 Å². The summed E-state index contributed by atoms with van der Waals surface area (Å²) in [5.41, 5.74) is 0.156. The molecule has 0 aliphatic carbocycles. The van der Waals surface area contributed by atoms with Crippen LogP contribution in [0.5, 0.6) is 5.75 Å². The van der Waals surface area contributed by atoms with E-state index in [1.54, 1.807) is 0 Å². The highest BCUT2D eigenvalue weighted by Crippen LogP contribution is 2.12. The first-order valence-corrected chi connectivity index (χ1v) is 4.91. The van der Waals surface area contributed by atoms with Crippen LogP contribution in [0.1, 0.15) is 16.8 Å². The molecule has 0 aliphatic heterocycles. The maximum absolute atomic E-state index is 11.0. The minimum absolute atomic E-state index is 0.156. The number of carbonyl (C=O) groups is 2. The molecule has 5 heteroatoms. The van der Waals surface area contributed by atoms with Gasteiger partial charge in [-0.3, -0.25) is 4.79 Å². The predicted molar refractivity (Wildman–Crippen MR) is 57.5 cm³/mol. The molecule has 0 fully saturated rings. The highest BCUT2D eigenvalue weighted by atomic mass is 32.1. The highest BCUT2D eigenvalue weighted by molar-refractivity contribution is 7.80. The van der Waals surface area contributed by atoms with Crippen molar-refractivity contribution >= 4 is 24.6 Å². The van der Waals surface area contributed by atoms with Crippen LogP contribution in [0.25, 0.3) is 0 Å². The molecule has 1 N–H and O–H groups in total. The van der Waals surface area contributed by atoms with Crippen molar-refractivity contribution in [2.75, 3.05) is 5.75 Å². The SMILES string of the molecule is O=C(CCS)Oc1ccc(C(=O)O)cc1. The summed E-state index contributed by atoms with van der Waals surface area (Å²) in [6, 6.07) is 5.65. The van der Waals surface area contributed by atoms with E-state index in [-0.39, 0.29) is 18.0 Å². The number of thiol groups is 1. The van der Waals surface area contributed by atoms with Crippen LogP contribution in [-0.2, 0) is 4.79 Å². The Kier molecular flexibility index (Phi) is 4.17. The summed E-state index contributed by atoms with van der Waals surface area (Å²) in [7, 11) is 0. The zero-order valence-corrected chi connectivity index (χ0v) is 8.74. The number of hydrogen-bond donors (Lipinski definition) is 2. The second-order valence-corrected chi connectivity index (χ2v) is 3.22. The van der Waals surface area contributed by atoms with Gasteiger partial charge in [-0.2, -0.15) is 12.6 Å². The van der Waals surface area contributed by atoms with Gasteiger partial charge in [0, 0.05) is 5.75 Å². The quantitative estimate of drug-likeness (QED) is 0.465.